The molecular formula is C44H30F10N8. The first kappa shape index (κ1) is 43.7. The number of fused-ring (bicyclic) bond motifs is 2. The lowest BCUT2D eigenvalue weighted by Crippen LogP contribution is -2.14. The minimum Gasteiger partial charge on any atom is -0.399 e. The van der Waals surface area contributed by atoms with Crippen molar-refractivity contribution in [2.24, 2.45) is 4.99 Å². The second kappa shape index (κ2) is 18.2. The highest BCUT2D eigenvalue weighted by Gasteiger charge is 2.39. The lowest BCUT2D eigenvalue weighted by atomic mass is 10.2. The second-order valence-electron chi connectivity index (χ2n) is 12.9. The van der Waals surface area contributed by atoms with Crippen LogP contribution < -0.4 is 16.4 Å². The maximum absolute atomic E-state index is 13.7. The molecule has 0 radical (unpaired) electrons. The van der Waals surface area contributed by atoms with Gasteiger partial charge in [-0.1, -0.05) is 30.8 Å². The first-order chi connectivity index (χ1) is 29.4. The van der Waals surface area contributed by atoms with Crippen molar-refractivity contribution in [1.82, 2.24) is 19.1 Å². The number of halogens is 10. The zero-order chi connectivity index (χ0) is 44.8. The van der Waals surface area contributed by atoms with Gasteiger partial charge in [0.05, 0.1) is 27.8 Å². The predicted molar refractivity (Wildman–Crippen MR) is 218 cm³/mol. The van der Waals surface area contributed by atoms with Crippen LogP contribution >= 0.6 is 0 Å². The van der Waals surface area contributed by atoms with Crippen LogP contribution in [0.3, 0.4) is 0 Å². The quantitative estimate of drug-likeness (QED) is 0.0842. The number of rotatable bonds is 7. The van der Waals surface area contributed by atoms with Crippen molar-refractivity contribution >= 4 is 50.7 Å². The highest BCUT2D eigenvalue weighted by molar-refractivity contribution is 5.79. The number of benzene rings is 6. The van der Waals surface area contributed by atoms with Crippen LogP contribution in [0.5, 0.6) is 0 Å². The lowest BCUT2D eigenvalue weighted by Gasteiger charge is -2.15. The summed E-state index contributed by atoms with van der Waals surface area (Å²) in [5.41, 5.74) is 8.26. The minimum atomic E-state index is -4.64. The molecule has 4 N–H and O–H groups in total. The molecule has 2 aromatic heterocycles. The second-order valence-corrected chi connectivity index (χ2v) is 12.9. The van der Waals surface area contributed by atoms with Crippen molar-refractivity contribution < 1.29 is 43.9 Å². The normalized spacial score (nSPS) is 11.2. The average molecular weight is 861 g/mol. The van der Waals surface area contributed by atoms with E-state index in [9.17, 15) is 43.9 Å². The topological polar surface area (TPSA) is 98.1 Å². The molecule has 6 aromatic carbocycles. The summed E-state index contributed by atoms with van der Waals surface area (Å²) >= 11 is 0. The van der Waals surface area contributed by atoms with Crippen molar-refractivity contribution in [1.29, 1.82) is 0 Å². The van der Waals surface area contributed by atoms with Crippen LogP contribution in [0.2, 0.25) is 0 Å². The fourth-order valence-corrected chi connectivity index (χ4v) is 5.89. The molecule has 0 aliphatic rings. The SMILES string of the molecule is C=C(Nc1ccc(-n2c(C(F)(F)F)nc3ccccc32)cc1)Nc1cc(F)ccc1F.C=C=Nc1cc(F)ccc1F.Nc1ccc(-n2c(C(F)(F)F)nc3ccccc32)cc1. The van der Waals surface area contributed by atoms with Gasteiger partial charge in [0.15, 0.2) is 0 Å². The van der Waals surface area contributed by atoms with Crippen LogP contribution in [0.25, 0.3) is 33.4 Å². The standard InChI is InChI=1S/C22H15F5N4.C14H10F3N3.C8H5F2N/c1-13(29-19-12-14(23)6-11-17(19)24)28-15-7-9-16(10-8-15)31-20-5-3-2-4-18(20)30-21(31)22(25,26)27;15-14(16,17)13-19-11-3-1-2-4-12(11)20(13)10-7-5-9(18)6-8-10;1-2-11-8-5-6(9)3-4-7(8)10/h2-12,28-29H,1H2;1-8H,18H2;3-5H,1H2. The third-order valence-corrected chi connectivity index (χ3v) is 8.52. The molecule has 0 atom stereocenters. The van der Waals surface area contributed by atoms with Crippen molar-refractivity contribution in [3.05, 3.63) is 187 Å². The maximum Gasteiger partial charge on any atom is 0.450 e. The molecule has 0 spiro atoms. The highest BCUT2D eigenvalue weighted by atomic mass is 19.4. The molecule has 0 saturated heterocycles. The first-order valence-corrected chi connectivity index (χ1v) is 17.8. The molecule has 8 nitrogen and oxygen atoms in total. The monoisotopic (exact) mass is 860 g/mol. The first-order valence-electron chi connectivity index (χ1n) is 17.8. The number of alkyl halides is 6. The van der Waals surface area contributed by atoms with E-state index in [4.69, 9.17) is 5.73 Å². The summed E-state index contributed by atoms with van der Waals surface area (Å²) in [5, 5.41) is 5.46. The lowest BCUT2D eigenvalue weighted by molar-refractivity contribution is -0.146. The molecule has 0 unspecified atom stereocenters. The summed E-state index contributed by atoms with van der Waals surface area (Å²) in [4.78, 5) is 10.8. The Morgan fingerprint density at radius 1 is 0.597 bits per heavy atom. The summed E-state index contributed by atoms with van der Waals surface area (Å²) in [6.07, 6.45) is -9.16. The maximum atomic E-state index is 13.7. The van der Waals surface area contributed by atoms with E-state index in [1.54, 1.807) is 78.9 Å². The molecule has 0 aliphatic heterocycles. The van der Waals surface area contributed by atoms with Gasteiger partial charge in [-0.05, 0) is 110 Å². The van der Waals surface area contributed by atoms with Crippen LogP contribution in [-0.2, 0) is 12.4 Å². The van der Waals surface area contributed by atoms with Crippen LogP contribution in [0.4, 0.5) is 66.7 Å². The highest BCUT2D eigenvalue weighted by Crippen LogP contribution is 2.35. The van der Waals surface area contributed by atoms with Gasteiger partial charge in [-0.15, -0.1) is 0 Å². The van der Waals surface area contributed by atoms with Gasteiger partial charge in [0, 0.05) is 34.9 Å². The number of aromatic nitrogens is 4. The molecule has 0 amide bonds. The van der Waals surface area contributed by atoms with Gasteiger partial charge < -0.3 is 16.4 Å². The van der Waals surface area contributed by atoms with Crippen LogP contribution in [-0.4, -0.2) is 25.0 Å². The van der Waals surface area contributed by atoms with Gasteiger partial charge in [0.25, 0.3) is 0 Å². The number of nitrogens with zero attached hydrogens (tertiary/aromatic N) is 5. The Bertz CT molecular complexity index is 2910. The van der Waals surface area contributed by atoms with Gasteiger partial charge in [0.1, 0.15) is 34.8 Å². The molecule has 0 bridgehead atoms. The average Bonchev–Trinajstić information content (AvgIpc) is 3.83. The van der Waals surface area contributed by atoms with E-state index < -0.39 is 47.3 Å². The Morgan fingerprint density at radius 3 is 1.56 bits per heavy atom. The largest absolute Gasteiger partial charge is 0.450 e. The molecule has 0 fully saturated rings. The van der Waals surface area contributed by atoms with E-state index in [2.05, 4.69) is 44.6 Å². The molecule has 0 aliphatic carbocycles. The van der Waals surface area contributed by atoms with Gasteiger partial charge in [-0.2, -0.15) is 26.3 Å². The molecule has 0 saturated carbocycles. The fraction of sp³-hybridized carbons (Fsp3) is 0.0455. The Hall–Kier alpha value is -7.85. The van der Waals surface area contributed by atoms with Crippen LogP contribution in [0, 0.1) is 23.3 Å². The van der Waals surface area contributed by atoms with E-state index in [1.165, 1.54) is 18.2 Å². The Balaban J connectivity index is 0.000000176. The van der Waals surface area contributed by atoms with E-state index in [-0.39, 0.29) is 28.4 Å². The predicted octanol–water partition coefficient (Wildman–Crippen LogP) is 12.4. The van der Waals surface area contributed by atoms with Gasteiger partial charge in [0.2, 0.25) is 11.6 Å². The third kappa shape index (κ3) is 10.3. The fourth-order valence-electron chi connectivity index (χ4n) is 5.89. The Labute approximate surface area is 345 Å². The molecular weight excluding hydrogens is 831 g/mol. The van der Waals surface area contributed by atoms with Crippen molar-refractivity contribution in [3.8, 4) is 11.4 Å². The summed E-state index contributed by atoms with van der Waals surface area (Å²) in [6, 6.07) is 31.0. The van der Waals surface area contributed by atoms with Gasteiger partial charge in [-0.25, -0.2) is 32.5 Å². The van der Waals surface area contributed by atoms with E-state index in [1.807, 2.05) is 0 Å². The van der Waals surface area contributed by atoms with E-state index in [0.29, 0.717) is 33.6 Å². The van der Waals surface area contributed by atoms with E-state index >= 15 is 0 Å². The zero-order valence-electron chi connectivity index (χ0n) is 31.7. The summed E-state index contributed by atoms with van der Waals surface area (Å²) in [6.45, 7) is 6.85. The Morgan fingerprint density at radius 2 is 1.06 bits per heavy atom. The number of nitrogens with two attached hydrogens (primary N) is 1. The number of anilines is 3. The summed E-state index contributed by atoms with van der Waals surface area (Å²) < 4.78 is 134. The molecule has 316 valence electrons. The van der Waals surface area contributed by atoms with Gasteiger partial charge >= 0.3 is 12.4 Å². The molecule has 2 heterocycles. The Kier molecular flexibility index (Phi) is 12.8. The number of hydrogen-bond acceptors (Lipinski definition) is 6. The van der Waals surface area contributed by atoms with E-state index in [0.717, 1.165) is 45.5 Å². The molecule has 8 rings (SSSR count). The number of nitrogens with one attached hydrogen (secondary N) is 2. The van der Waals surface area contributed by atoms with Crippen molar-refractivity contribution in [2.75, 3.05) is 16.4 Å². The smallest absolute Gasteiger partial charge is 0.399 e. The number of hydrogen-bond donors (Lipinski definition) is 3. The minimum absolute atomic E-state index is 0.0833. The number of imidazole rings is 2. The molecule has 8 aromatic rings. The van der Waals surface area contributed by atoms with Crippen LogP contribution in [0.1, 0.15) is 11.6 Å². The summed E-state index contributed by atoms with van der Waals surface area (Å²) in [7, 11) is 0. The number of nitrogen functional groups attached to an aromatic ring is 1. The molecule has 62 heavy (non-hydrogen) atoms. The molecule has 18 heteroatoms. The van der Waals surface area contributed by atoms with Crippen LogP contribution in [0.15, 0.2) is 157 Å². The summed E-state index contributed by atoms with van der Waals surface area (Å²) in [5.74, 6) is -2.08. The zero-order valence-corrected chi connectivity index (χ0v) is 31.7. The third-order valence-electron chi connectivity index (χ3n) is 8.52. The van der Waals surface area contributed by atoms with Crippen molar-refractivity contribution in [3.63, 3.8) is 0 Å². The number of aliphatic imine (C=N–C) groups is 1. The number of para-hydroxylation sites is 4. The van der Waals surface area contributed by atoms with Crippen molar-refractivity contribution in [2.45, 2.75) is 12.4 Å². The van der Waals surface area contributed by atoms with Gasteiger partial charge in [-0.3, -0.25) is 9.13 Å².